The molecule has 0 spiro atoms. The van der Waals surface area contributed by atoms with Crippen LogP contribution in [0, 0.1) is 0 Å². The van der Waals surface area contributed by atoms with Crippen LogP contribution in [0.15, 0.2) is 194 Å². The van der Waals surface area contributed by atoms with E-state index in [0.29, 0.717) is 0 Å². The maximum Gasteiger partial charge on any atom is 0.0462 e. The van der Waals surface area contributed by atoms with E-state index >= 15 is 0 Å². The molecule has 0 atom stereocenters. The first-order chi connectivity index (χ1) is 25.5. The molecule has 0 fully saturated rings. The minimum absolute atomic E-state index is 0.0819. The first kappa shape index (κ1) is 31.5. The second kappa shape index (κ2) is 13.0. The molecule has 8 aromatic rings. The summed E-state index contributed by atoms with van der Waals surface area (Å²) in [6.07, 6.45) is 2.39. The fraction of sp³-hybridized carbons (Fsp3) is 0.0588. The van der Waals surface area contributed by atoms with Crippen molar-refractivity contribution in [2.24, 2.45) is 0 Å². The van der Waals surface area contributed by atoms with Crippen molar-refractivity contribution in [3.8, 4) is 33.4 Å². The molecule has 52 heavy (non-hydrogen) atoms. The van der Waals surface area contributed by atoms with E-state index in [1.165, 1.54) is 66.4 Å². The van der Waals surface area contributed by atoms with Crippen molar-refractivity contribution >= 4 is 39.5 Å². The van der Waals surface area contributed by atoms with Crippen molar-refractivity contribution in [3.05, 3.63) is 211 Å². The van der Waals surface area contributed by atoms with Crippen molar-refractivity contribution in [1.82, 2.24) is 0 Å². The van der Waals surface area contributed by atoms with Crippen LogP contribution in [0.4, 0.5) is 17.1 Å². The lowest BCUT2D eigenvalue weighted by Crippen LogP contribution is -2.16. The maximum atomic E-state index is 2.39. The van der Waals surface area contributed by atoms with Gasteiger partial charge in [0, 0.05) is 22.5 Å². The number of allylic oxidation sites excluding steroid dienone is 1. The Bertz CT molecular complexity index is 2440. The van der Waals surface area contributed by atoms with Crippen LogP contribution >= 0.6 is 0 Å². The van der Waals surface area contributed by atoms with Crippen LogP contribution in [0.3, 0.4) is 0 Å². The van der Waals surface area contributed by atoms with E-state index in [1.807, 2.05) is 0 Å². The predicted molar refractivity (Wildman–Crippen MR) is 222 cm³/mol. The molecule has 0 N–H and O–H groups in total. The first-order valence-corrected chi connectivity index (χ1v) is 18.1. The number of hydrogen-bond acceptors (Lipinski definition) is 1. The molecule has 0 aromatic heterocycles. The van der Waals surface area contributed by atoms with Gasteiger partial charge in [-0.25, -0.2) is 0 Å². The smallest absolute Gasteiger partial charge is 0.0462 e. The lowest BCUT2D eigenvalue weighted by molar-refractivity contribution is 0.711. The van der Waals surface area contributed by atoms with Gasteiger partial charge >= 0.3 is 0 Å². The summed E-state index contributed by atoms with van der Waals surface area (Å²) < 4.78 is 0. The summed E-state index contributed by atoms with van der Waals surface area (Å²) in [5, 5.41) is 2.65. The Hall–Kier alpha value is -6.44. The molecular formula is C51H39N. The van der Waals surface area contributed by atoms with Gasteiger partial charge in [0.25, 0.3) is 0 Å². The highest BCUT2D eigenvalue weighted by Crippen LogP contribution is 2.49. The first-order valence-electron chi connectivity index (χ1n) is 18.1. The van der Waals surface area contributed by atoms with Crippen LogP contribution in [0.25, 0.3) is 55.8 Å². The minimum atomic E-state index is -0.0819. The quantitative estimate of drug-likeness (QED) is 0.164. The Kier molecular flexibility index (Phi) is 7.90. The number of benzene rings is 8. The third-order valence-electron chi connectivity index (χ3n) is 10.7. The Labute approximate surface area is 306 Å². The fourth-order valence-electron chi connectivity index (χ4n) is 7.98. The summed E-state index contributed by atoms with van der Waals surface area (Å²) in [5.41, 5.74) is 15.9. The monoisotopic (exact) mass is 665 g/mol. The average Bonchev–Trinajstić information content (AvgIpc) is 3.50. The zero-order valence-electron chi connectivity index (χ0n) is 29.5. The molecule has 0 aliphatic heterocycles. The fourth-order valence-corrected chi connectivity index (χ4v) is 7.98. The van der Waals surface area contributed by atoms with E-state index in [-0.39, 0.29) is 5.41 Å². The normalized spacial score (nSPS) is 13.1. The molecule has 0 radical (unpaired) electrons. The summed E-state index contributed by atoms with van der Waals surface area (Å²) in [4.78, 5) is 2.34. The molecule has 0 amide bonds. The van der Waals surface area contributed by atoms with Crippen LogP contribution < -0.4 is 4.90 Å². The second-order valence-corrected chi connectivity index (χ2v) is 14.2. The standard InChI is InChI=1S/C51H39N/c1-51(2)49(35-44-22-19-42-15-9-10-16-48(42)50(44)51)43-20-17-38(18-21-43)41-27-33-47(34-28-41)52(45-29-23-39(24-30-45)36-11-5-3-6-12-36)46-31-25-40(26-32-46)37-13-7-4-8-14-37/h3-35H,1-2H3. The largest absolute Gasteiger partial charge is 0.311 e. The molecule has 248 valence electrons. The van der Waals surface area contributed by atoms with Crippen molar-refractivity contribution in [3.63, 3.8) is 0 Å². The maximum absolute atomic E-state index is 2.39. The van der Waals surface area contributed by atoms with Gasteiger partial charge in [-0.15, -0.1) is 0 Å². The van der Waals surface area contributed by atoms with Crippen molar-refractivity contribution in [1.29, 1.82) is 0 Å². The van der Waals surface area contributed by atoms with Gasteiger partial charge in [-0.3, -0.25) is 0 Å². The van der Waals surface area contributed by atoms with Crippen LogP contribution in [-0.4, -0.2) is 0 Å². The van der Waals surface area contributed by atoms with E-state index in [0.717, 1.165) is 17.1 Å². The van der Waals surface area contributed by atoms with Crippen molar-refractivity contribution in [2.75, 3.05) is 4.90 Å². The molecule has 0 heterocycles. The lowest BCUT2D eigenvalue weighted by atomic mass is 9.76. The van der Waals surface area contributed by atoms with Gasteiger partial charge in [0.15, 0.2) is 0 Å². The highest BCUT2D eigenvalue weighted by molar-refractivity contribution is 6.02. The van der Waals surface area contributed by atoms with Gasteiger partial charge in [-0.2, -0.15) is 0 Å². The minimum Gasteiger partial charge on any atom is -0.311 e. The summed E-state index contributed by atoms with van der Waals surface area (Å²) in [5.74, 6) is 0. The van der Waals surface area contributed by atoms with Gasteiger partial charge in [0.05, 0.1) is 0 Å². The summed E-state index contributed by atoms with van der Waals surface area (Å²) in [6, 6.07) is 70.2. The average molecular weight is 666 g/mol. The molecule has 1 aliphatic rings. The molecule has 0 saturated carbocycles. The summed E-state index contributed by atoms with van der Waals surface area (Å²) in [7, 11) is 0. The van der Waals surface area contributed by atoms with Gasteiger partial charge in [-0.1, -0.05) is 172 Å². The number of nitrogens with zero attached hydrogens (tertiary/aromatic N) is 1. The lowest BCUT2D eigenvalue weighted by Gasteiger charge is -2.27. The zero-order chi connectivity index (χ0) is 35.1. The van der Waals surface area contributed by atoms with Gasteiger partial charge < -0.3 is 4.90 Å². The Balaban J connectivity index is 1.02. The summed E-state index contributed by atoms with van der Waals surface area (Å²) in [6.45, 7) is 4.72. The van der Waals surface area contributed by atoms with Gasteiger partial charge in [0.2, 0.25) is 0 Å². The third kappa shape index (κ3) is 5.71. The SMILES string of the molecule is CC1(C)C(c2ccc(-c3ccc(N(c4ccc(-c5ccccc5)cc4)c4ccc(-c5ccccc5)cc4)cc3)cc2)=Cc2ccc3ccccc3c21. The van der Waals surface area contributed by atoms with E-state index in [4.69, 9.17) is 0 Å². The Morgan fingerprint density at radius 1 is 0.346 bits per heavy atom. The van der Waals surface area contributed by atoms with Crippen LogP contribution in [-0.2, 0) is 5.41 Å². The van der Waals surface area contributed by atoms with E-state index in [2.05, 4.69) is 219 Å². The Morgan fingerprint density at radius 3 is 1.21 bits per heavy atom. The zero-order valence-corrected chi connectivity index (χ0v) is 29.5. The third-order valence-corrected chi connectivity index (χ3v) is 10.7. The van der Waals surface area contributed by atoms with Crippen LogP contribution in [0.2, 0.25) is 0 Å². The molecule has 1 heteroatoms. The van der Waals surface area contributed by atoms with Gasteiger partial charge in [-0.05, 0) is 109 Å². The number of fused-ring (bicyclic) bond motifs is 3. The van der Waals surface area contributed by atoms with Gasteiger partial charge in [0.1, 0.15) is 0 Å². The topological polar surface area (TPSA) is 3.24 Å². The Morgan fingerprint density at radius 2 is 0.731 bits per heavy atom. The van der Waals surface area contributed by atoms with Crippen LogP contribution in [0.1, 0.15) is 30.5 Å². The van der Waals surface area contributed by atoms with Crippen molar-refractivity contribution in [2.45, 2.75) is 19.3 Å². The second-order valence-electron chi connectivity index (χ2n) is 14.2. The number of hydrogen-bond donors (Lipinski definition) is 0. The molecule has 0 bridgehead atoms. The van der Waals surface area contributed by atoms with Crippen molar-refractivity contribution < 1.29 is 0 Å². The van der Waals surface area contributed by atoms with E-state index in [1.54, 1.807) is 0 Å². The highest BCUT2D eigenvalue weighted by atomic mass is 15.1. The predicted octanol–water partition coefficient (Wildman–Crippen LogP) is 14.1. The molecule has 0 unspecified atom stereocenters. The summed E-state index contributed by atoms with van der Waals surface area (Å²) >= 11 is 0. The molecule has 0 saturated heterocycles. The highest BCUT2D eigenvalue weighted by Gasteiger charge is 2.35. The van der Waals surface area contributed by atoms with Crippen LogP contribution in [0.5, 0.6) is 0 Å². The van der Waals surface area contributed by atoms with E-state index in [9.17, 15) is 0 Å². The molecule has 1 nitrogen and oxygen atoms in total. The molecule has 9 rings (SSSR count). The van der Waals surface area contributed by atoms with E-state index < -0.39 is 0 Å². The molecule has 8 aromatic carbocycles. The number of rotatable bonds is 7. The molecule has 1 aliphatic carbocycles. The number of anilines is 3. The molecular weight excluding hydrogens is 627 g/mol.